The van der Waals surface area contributed by atoms with Crippen LogP contribution in [0.4, 0.5) is 5.69 Å². The SMILES string of the molecule is COc1cc(OC)cc(C(=O)Nc2cc(C(C)=O)ccc2OC)c1. The molecule has 2 aromatic carbocycles. The molecule has 24 heavy (non-hydrogen) atoms. The van der Waals surface area contributed by atoms with Crippen LogP contribution in [0.15, 0.2) is 36.4 Å². The number of amides is 1. The zero-order chi connectivity index (χ0) is 17.7. The maximum atomic E-state index is 12.5. The highest BCUT2D eigenvalue weighted by Gasteiger charge is 2.14. The van der Waals surface area contributed by atoms with Crippen LogP contribution in [0.5, 0.6) is 17.2 Å². The van der Waals surface area contributed by atoms with Gasteiger partial charge in [-0.05, 0) is 37.3 Å². The van der Waals surface area contributed by atoms with E-state index in [-0.39, 0.29) is 11.7 Å². The smallest absolute Gasteiger partial charge is 0.256 e. The molecule has 0 heterocycles. The van der Waals surface area contributed by atoms with Gasteiger partial charge in [0.1, 0.15) is 17.2 Å². The van der Waals surface area contributed by atoms with E-state index in [4.69, 9.17) is 14.2 Å². The number of ketones is 1. The summed E-state index contributed by atoms with van der Waals surface area (Å²) in [6.45, 7) is 1.46. The third kappa shape index (κ3) is 3.84. The van der Waals surface area contributed by atoms with Crippen LogP contribution in [-0.4, -0.2) is 33.0 Å². The fraction of sp³-hybridized carbons (Fsp3) is 0.222. The summed E-state index contributed by atoms with van der Waals surface area (Å²) in [6.07, 6.45) is 0. The highest BCUT2D eigenvalue weighted by molar-refractivity contribution is 6.06. The molecular formula is C18H19NO5. The fourth-order valence-electron chi connectivity index (χ4n) is 2.16. The van der Waals surface area contributed by atoms with Gasteiger partial charge in [-0.25, -0.2) is 0 Å². The molecule has 0 aliphatic carbocycles. The number of hydrogen-bond acceptors (Lipinski definition) is 5. The number of carbonyl (C=O) groups is 2. The average Bonchev–Trinajstić information content (AvgIpc) is 2.60. The van der Waals surface area contributed by atoms with Crippen molar-refractivity contribution in [1.29, 1.82) is 0 Å². The molecule has 6 heteroatoms. The maximum absolute atomic E-state index is 12.5. The van der Waals surface area contributed by atoms with Crippen molar-refractivity contribution in [2.75, 3.05) is 26.6 Å². The van der Waals surface area contributed by atoms with Gasteiger partial charge in [0.2, 0.25) is 0 Å². The Bertz CT molecular complexity index is 748. The Balaban J connectivity index is 2.35. The van der Waals surface area contributed by atoms with E-state index in [1.54, 1.807) is 36.4 Å². The molecule has 0 aliphatic rings. The Morgan fingerprint density at radius 1 is 0.833 bits per heavy atom. The first-order chi connectivity index (χ1) is 11.5. The van der Waals surface area contributed by atoms with Gasteiger partial charge in [-0.3, -0.25) is 9.59 Å². The quantitative estimate of drug-likeness (QED) is 0.824. The van der Waals surface area contributed by atoms with Crippen molar-refractivity contribution in [1.82, 2.24) is 0 Å². The Hall–Kier alpha value is -3.02. The monoisotopic (exact) mass is 329 g/mol. The molecule has 6 nitrogen and oxygen atoms in total. The van der Waals surface area contributed by atoms with E-state index in [0.29, 0.717) is 34.1 Å². The van der Waals surface area contributed by atoms with Gasteiger partial charge in [0.25, 0.3) is 5.91 Å². The fourth-order valence-corrected chi connectivity index (χ4v) is 2.16. The summed E-state index contributed by atoms with van der Waals surface area (Å²) in [4.78, 5) is 24.1. The van der Waals surface area contributed by atoms with Crippen LogP contribution in [0, 0.1) is 0 Å². The van der Waals surface area contributed by atoms with Crippen LogP contribution in [0.3, 0.4) is 0 Å². The van der Waals surface area contributed by atoms with Gasteiger partial charge >= 0.3 is 0 Å². The number of carbonyl (C=O) groups excluding carboxylic acids is 2. The van der Waals surface area contributed by atoms with E-state index in [1.165, 1.54) is 28.3 Å². The van der Waals surface area contributed by atoms with Gasteiger partial charge in [0, 0.05) is 17.2 Å². The first-order valence-electron chi connectivity index (χ1n) is 7.22. The van der Waals surface area contributed by atoms with Crippen molar-refractivity contribution in [3.63, 3.8) is 0 Å². The maximum Gasteiger partial charge on any atom is 0.256 e. The third-order valence-corrected chi connectivity index (χ3v) is 3.47. The number of ether oxygens (including phenoxy) is 3. The summed E-state index contributed by atoms with van der Waals surface area (Å²) in [5.41, 5.74) is 1.26. The van der Waals surface area contributed by atoms with Crippen LogP contribution in [-0.2, 0) is 0 Å². The van der Waals surface area contributed by atoms with E-state index in [2.05, 4.69) is 5.32 Å². The lowest BCUT2D eigenvalue weighted by molar-refractivity contribution is 0.101. The summed E-state index contributed by atoms with van der Waals surface area (Å²) in [5.74, 6) is 0.999. The van der Waals surface area contributed by atoms with E-state index in [0.717, 1.165) is 0 Å². The number of anilines is 1. The van der Waals surface area contributed by atoms with Gasteiger partial charge in [0.05, 0.1) is 27.0 Å². The second-order valence-electron chi connectivity index (χ2n) is 5.03. The molecule has 2 aromatic rings. The summed E-state index contributed by atoms with van der Waals surface area (Å²) in [5, 5.41) is 2.75. The second kappa shape index (κ2) is 7.50. The minimum atomic E-state index is -0.369. The Morgan fingerprint density at radius 2 is 1.46 bits per heavy atom. The van der Waals surface area contributed by atoms with Crippen molar-refractivity contribution in [3.8, 4) is 17.2 Å². The third-order valence-electron chi connectivity index (χ3n) is 3.47. The van der Waals surface area contributed by atoms with Gasteiger partial charge in [-0.1, -0.05) is 0 Å². The second-order valence-corrected chi connectivity index (χ2v) is 5.03. The molecule has 0 unspecified atom stereocenters. The van der Waals surface area contributed by atoms with Crippen LogP contribution >= 0.6 is 0 Å². The van der Waals surface area contributed by atoms with Crippen LogP contribution in [0.2, 0.25) is 0 Å². The van der Waals surface area contributed by atoms with Gasteiger partial charge in [-0.2, -0.15) is 0 Å². The normalized spacial score (nSPS) is 10.0. The predicted octanol–water partition coefficient (Wildman–Crippen LogP) is 3.17. The molecule has 0 aliphatic heterocycles. The minimum Gasteiger partial charge on any atom is -0.497 e. The predicted molar refractivity (Wildman–Crippen MR) is 90.5 cm³/mol. The molecule has 0 radical (unpaired) electrons. The van der Waals surface area contributed by atoms with Crippen LogP contribution in [0.25, 0.3) is 0 Å². The van der Waals surface area contributed by atoms with Crippen molar-refractivity contribution >= 4 is 17.4 Å². The molecule has 0 bridgehead atoms. The van der Waals surface area contributed by atoms with E-state index in [1.807, 2.05) is 0 Å². The van der Waals surface area contributed by atoms with Crippen molar-refractivity contribution in [2.24, 2.45) is 0 Å². The highest BCUT2D eigenvalue weighted by atomic mass is 16.5. The molecule has 0 atom stereocenters. The Kier molecular flexibility index (Phi) is 5.42. The molecule has 0 saturated heterocycles. The topological polar surface area (TPSA) is 73.9 Å². The van der Waals surface area contributed by atoms with Crippen molar-refractivity contribution in [3.05, 3.63) is 47.5 Å². The lowest BCUT2D eigenvalue weighted by Crippen LogP contribution is -2.13. The number of Topliss-reactive ketones (excluding diaryl/α,β-unsaturated/α-hetero) is 1. The molecule has 126 valence electrons. The number of nitrogens with one attached hydrogen (secondary N) is 1. The number of hydrogen-bond donors (Lipinski definition) is 1. The van der Waals surface area contributed by atoms with E-state index in [9.17, 15) is 9.59 Å². The van der Waals surface area contributed by atoms with Gasteiger partial charge < -0.3 is 19.5 Å². The zero-order valence-electron chi connectivity index (χ0n) is 14.0. The Labute approximate surface area is 140 Å². The van der Waals surface area contributed by atoms with Crippen LogP contribution < -0.4 is 19.5 Å². The summed E-state index contributed by atoms with van der Waals surface area (Å²) in [7, 11) is 4.51. The molecule has 1 N–H and O–H groups in total. The van der Waals surface area contributed by atoms with Gasteiger partial charge in [-0.15, -0.1) is 0 Å². The number of methoxy groups -OCH3 is 3. The molecule has 2 rings (SSSR count). The molecule has 0 saturated carbocycles. The van der Waals surface area contributed by atoms with Crippen LogP contribution in [0.1, 0.15) is 27.6 Å². The first kappa shape index (κ1) is 17.3. The molecule has 1 amide bonds. The van der Waals surface area contributed by atoms with Gasteiger partial charge in [0.15, 0.2) is 5.78 Å². The van der Waals surface area contributed by atoms with E-state index >= 15 is 0 Å². The summed E-state index contributed by atoms with van der Waals surface area (Å²) < 4.78 is 15.6. The average molecular weight is 329 g/mol. The lowest BCUT2D eigenvalue weighted by Gasteiger charge is -2.12. The number of benzene rings is 2. The first-order valence-corrected chi connectivity index (χ1v) is 7.22. The standard InChI is InChI=1S/C18H19NO5/c1-11(20)12-5-6-17(24-4)16(9-12)19-18(21)13-7-14(22-2)10-15(8-13)23-3/h5-10H,1-4H3,(H,19,21). The largest absolute Gasteiger partial charge is 0.497 e. The zero-order valence-corrected chi connectivity index (χ0v) is 14.0. The minimum absolute atomic E-state index is 0.101. The Morgan fingerprint density at radius 3 is 1.96 bits per heavy atom. The molecule has 0 spiro atoms. The highest BCUT2D eigenvalue weighted by Crippen LogP contribution is 2.28. The lowest BCUT2D eigenvalue weighted by atomic mass is 10.1. The molecule has 0 aromatic heterocycles. The van der Waals surface area contributed by atoms with E-state index < -0.39 is 0 Å². The summed E-state index contributed by atoms with van der Waals surface area (Å²) >= 11 is 0. The van der Waals surface area contributed by atoms with Crippen molar-refractivity contribution in [2.45, 2.75) is 6.92 Å². The molecule has 0 fully saturated rings. The number of rotatable bonds is 6. The summed E-state index contributed by atoms with van der Waals surface area (Å²) in [6, 6.07) is 9.73. The van der Waals surface area contributed by atoms with Crippen molar-refractivity contribution < 1.29 is 23.8 Å². The molecular weight excluding hydrogens is 310 g/mol.